The first-order valence-electron chi connectivity index (χ1n) is 10.5. The van der Waals surface area contributed by atoms with Gasteiger partial charge in [-0.05, 0) is 32.9 Å². The van der Waals surface area contributed by atoms with E-state index >= 15 is 0 Å². The summed E-state index contributed by atoms with van der Waals surface area (Å²) in [4.78, 5) is 27.0. The molecule has 0 bridgehead atoms. The van der Waals surface area contributed by atoms with Crippen LogP contribution in [0, 0.1) is 6.92 Å². The summed E-state index contributed by atoms with van der Waals surface area (Å²) < 4.78 is 7.11. The molecular formula is C25H26N4O3. The molecule has 1 aliphatic rings. The Labute approximate surface area is 187 Å². The van der Waals surface area contributed by atoms with Crippen LogP contribution in [0.3, 0.4) is 0 Å². The van der Waals surface area contributed by atoms with Crippen molar-refractivity contribution in [2.24, 2.45) is 0 Å². The summed E-state index contributed by atoms with van der Waals surface area (Å²) in [7, 11) is 1.63. The van der Waals surface area contributed by atoms with Crippen molar-refractivity contribution in [3.63, 3.8) is 0 Å². The Morgan fingerprint density at radius 3 is 2.44 bits per heavy atom. The Balaban J connectivity index is 1.92. The second kappa shape index (κ2) is 8.70. The smallest absolute Gasteiger partial charge is 0.338 e. The molecule has 0 aliphatic carbocycles. The molecule has 2 aromatic carbocycles. The SMILES string of the molecule is CCOC(=O)C1=C(C)N(C)C(=O)N[C@@H]1c1cn(-c2ccccc2)nc1-c1ccc(C)cc1. The second-order valence-corrected chi connectivity index (χ2v) is 7.74. The lowest BCUT2D eigenvalue weighted by Gasteiger charge is -2.33. The van der Waals surface area contributed by atoms with Crippen LogP contribution in [0.2, 0.25) is 0 Å². The Bertz CT molecular complexity index is 1180. The summed E-state index contributed by atoms with van der Waals surface area (Å²) in [6, 6.07) is 16.8. The number of esters is 1. The minimum atomic E-state index is -0.688. The zero-order chi connectivity index (χ0) is 22.8. The van der Waals surface area contributed by atoms with Gasteiger partial charge in [0.25, 0.3) is 0 Å². The van der Waals surface area contributed by atoms with Crippen molar-refractivity contribution in [1.29, 1.82) is 0 Å². The van der Waals surface area contributed by atoms with Crippen LogP contribution >= 0.6 is 0 Å². The topological polar surface area (TPSA) is 76.5 Å². The number of aryl methyl sites for hydroxylation is 1. The van der Waals surface area contributed by atoms with Gasteiger partial charge in [0.2, 0.25) is 0 Å². The van der Waals surface area contributed by atoms with Crippen LogP contribution in [-0.2, 0) is 9.53 Å². The number of nitrogens with zero attached hydrogens (tertiary/aromatic N) is 3. The Morgan fingerprint density at radius 2 is 1.78 bits per heavy atom. The molecule has 7 nitrogen and oxygen atoms in total. The average molecular weight is 431 g/mol. The van der Waals surface area contributed by atoms with E-state index in [1.807, 2.05) is 67.7 Å². The summed E-state index contributed by atoms with van der Waals surface area (Å²) in [5, 5.41) is 7.81. The van der Waals surface area contributed by atoms with Gasteiger partial charge in [-0.25, -0.2) is 14.3 Å². The highest BCUT2D eigenvalue weighted by Gasteiger charge is 2.37. The van der Waals surface area contributed by atoms with Crippen molar-refractivity contribution < 1.29 is 14.3 Å². The monoisotopic (exact) mass is 430 g/mol. The predicted molar refractivity (Wildman–Crippen MR) is 122 cm³/mol. The van der Waals surface area contributed by atoms with E-state index in [1.165, 1.54) is 4.90 Å². The Morgan fingerprint density at radius 1 is 1.09 bits per heavy atom. The van der Waals surface area contributed by atoms with Gasteiger partial charge in [0, 0.05) is 30.1 Å². The van der Waals surface area contributed by atoms with E-state index < -0.39 is 12.0 Å². The van der Waals surface area contributed by atoms with Crippen molar-refractivity contribution >= 4 is 12.0 Å². The third-order valence-electron chi connectivity index (χ3n) is 5.65. The van der Waals surface area contributed by atoms with Crippen LogP contribution in [0.5, 0.6) is 0 Å². The van der Waals surface area contributed by atoms with E-state index in [2.05, 4.69) is 5.32 Å². The molecule has 3 aromatic rings. The number of benzene rings is 2. The molecule has 1 aromatic heterocycles. The highest BCUT2D eigenvalue weighted by molar-refractivity contribution is 5.95. The van der Waals surface area contributed by atoms with Gasteiger partial charge < -0.3 is 15.0 Å². The fraction of sp³-hybridized carbons (Fsp3) is 0.240. The zero-order valence-electron chi connectivity index (χ0n) is 18.6. The number of carbonyl (C=O) groups is 2. The first-order chi connectivity index (χ1) is 15.4. The van der Waals surface area contributed by atoms with Crippen LogP contribution in [0.1, 0.15) is 31.0 Å². The second-order valence-electron chi connectivity index (χ2n) is 7.74. The third kappa shape index (κ3) is 3.89. The van der Waals surface area contributed by atoms with Gasteiger partial charge >= 0.3 is 12.0 Å². The molecule has 0 saturated heterocycles. The molecule has 4 rings (SSSR count). The molecule has 1 aliphatic heterocycles. The molecule has 2 amide bonds. The summed E-state index contributed by atoms with van der Waals surface area (Å²) in [5.41, 5.74) is 5.28. The van der Waals surface area contributed by atoms with E-state index in [0.717, 1.165) is 22.4 Å². The molecule has 0 spiro atoms. The molecule has 32 heavy (non-hydrogen) atoms. The number of aromatic nitrogens is 2. The molecule has 0 saturated carbocycles. The molecule has 0 unspecified atom stereocenters. The number of hydrogen-bond donors (Lipinski definition) is 1. The summed E-state index contributed by atoms with van der Waals surface area (Å²) in [6.07, 6.45) is 1.87. The highest BCUT2D eigenvalue weighted by atomic mass is 16.5. The van der Waals surface area contributed by atoms with Gasteiger partial charge in [-0.1, -0.05) is 48.0 Å². The highest BCUT2D eigenvalue weighted by Crippen LogP contribution is 2.36. The number of rotatable bonds is 5. The molecule has 1 atom stereocenters. The van der Waals surface area contributed by atoms with Crippen molar-refractivity contribution in [2.45, 2.75) is 26.8 Å². The average Bonchev–Trinajstić information content (AvgIpc) is 3.24. The summed E-state index contributed by atoms with van der Waals surface area (Å²) in [6.45, 7) is 5.79. The molecule has 164 valence electrons. The van der Waals surface area contributed by atoms with Gasteiger partial charge in [-0.15, -0.1) is 0 Å². The van der Waals surface area contributed by atoms with Gasteiger partial charge in [0.15, 0.2) is 0 Å². The number of carbonyl (C=O) groups excluding carboxylic acids is 2. The molecule has 0 radical (unpaired) electrons. The Hall–Kier alpha value is -3.87. The minimum Gasteiger partial charge on any atom is -0.463 e. The maximum absolute atomic E-state index is 12.9. The van der Waals surface area contributed by atoms with Crippen LogP contribution < -0.4 is 5.32 Å². The first-order valence-corrected chi connectivity index (χ1v) is 10.5. The van der Waals surface area contributed by atoms with Gasteiger partial charge in [0.05, 0.1) is 29.6 Å². The fourth-order valence-corrected chi connectivity index (χ4v) is 3.79. The van der Waals surface area contributed by atoms with Crippen molar-refractivity contribution in [2.75, 3.05) is 13.7 Å². The van der Waals surface area contributed by atoms with Gasteiger partial charge in [0.1, 0.15) is 0 Å². The zero-order valence-corrected chi connectivity index (χ0v) is 18.6. The molecule has 1 N–H and O–H groups in total. The van der Waals surface area contributed by atoms with Crippen LogP contribution in [0.4, 0.5) is 4.79 Å². The van der Waals surface area contributed by atoms with Crippen LogP contribution in [0.15, 0.2) is 72.1 Å². The lowest BCUT2D eigenvalue weighted by Crippen LogP contribution is -2.46. The molecule has 2 heterocycles. The fourth-order valence-electron chi connectivity index (χ4n) is 3.79. The lowest BCUT2D eigenvalue weighted by molar-refractivity contribution is -0.139. The number of nitrogens with one attached hydrogen (secondary N) is 1. The van der Waals surface area contributed by atoms with Gasteiger partial charge in [-0.2, -0.15) is 5.10 Å². The normalized spacial score (nSPS) is 16.2. The lowest BCUT2D eigenvalue weighted by atomic mass is 9.93. The van der Waals surface area contributed by atoms with Gasteiger partial charge in [-0.3, -0.25) is 0 Å². The van der Waals surface area contributed by atoms with E-state index in [1.54, 1.807) is 25.6 Å². The quantitative estimate of drug-likeness (QED) is 0.610. The maximum atomic E-state index is 12.9. The molecule has 0 fully saturated rings. The minimum absolute atomic E-state index is 0.244. The number of allylic oxidation sites excluding steroid dienone is 1. The van der Waals surface area contributed by atoms with Crippen molar-refractivity contribution in [3.05, 3.63) is 83.2 Å². The first kappa shape index (κ1) is 21.4. The van der Waals surface area contributed by atoms with Crippen molar-refractivity contribution in [1.82, 2.24) is 20.0 Å². The standard InChI is InChI=1S/C25H26N4O3/c1-5-32-24(30)21-17(3)28(4)25(31)26-23(21)20-15-29(19-9-7-6-8-10-19)27-22(20)18-13-11-16(2)12-14-18/h6-15,23H,5H2,1-4H3,(H,26,31)/t23-/m1/s1. The van der Waals surface area contributed by atoms with Crippen LogP contribution in [-0.4, -0.2) is 40.3 Å². The number of urea groups is 1. The molecular weight excluding hydrogens is 404 g/mol. The van der Waals surface area contributed by atoms with E-state index in [-0.39, 0.29) is 12.6 Å². The van der Waals surface area contributed by atoms with Crippen molar-refractivity contribution in [3.8, 4) is 16.9 Å². The molecule has 7 heteroatoms. The summed E-state index contributed by atoms with van der Waals surface area (Å²) in [5.74, 6) is -0.454. The maximum Gasteiger partial charge on any atom is 0.338 e. The number of amides is 2. The number of hydrogen-bond acceptors (Lipinski definition) is 4. The largest absolute Gasteiger partial charge is 0.463 e. The van der Waals surface area contributed by atoms with E-state index in [0.29, 0.717) is 17.0 Å². The Kier molecular flexibility index (Phi) is 5.81. The third-order valence-corrected chi connectivity index (χ3v) is 5.65. The number of ether oxygens (including phenoxy) is 1. The number of para-hydroxylation sites is 1. The summed E-state index contributed by atoms with van der Waals surface area (Å²) >= 11 is 0. The predicted octanol–water partition coefficient (Wildman–Crippen LogP) is 4.38. The van der Waals surface area contributed by atoms with Crippen LogP contribution in [0.25, 0.3) is 16.9 Å². The van der Waals surface area contributed by atoms with E-state index in [9.17, 15) is 9.59 Å². The van der Waals surface area contributed by atoms with E-state index in [4.69, 9.17) is 9.84 Å².